The predicted molar refractivity (Wildman–Crippen MR) is 76.8 cm³/mol. The lowest BCUT2D eigenvalue weighted by molar-refractivity contribution is -0.113. The van der Waals surface area contributed by atoms with Crippen molar-refractivity contribution in [3.05, 3.63) is 46.4 Å². The number of amides is 1. The second kappa shape index (κ2) is 4.59. The summed E-state index contributed by atoms with van der Waals surface area (Å²) >= 11 is 1.19. The zero-order valence-electron chi connectivity index (χ0n) is 10.3. The Bertz CT molecular complexity index is 647. The maximum absolute atomic E-state index is 11.6. The second-order valence-corrected chi connectivity index (χ2v) is 5.37. The fraction of sp³-hybridized carbons (Fsp3) is 0.143. The van der Waals surface area contributed by atoms with Crippen molar-refractivity contribution in [1.82, 2.24) is 0 Å². The highest BCUT2D eigenvalue weighted by molar-refractivity contribution is 8.18. The van der Waals surface area contributed by atoms with Gasteiger partial charge >= 0.3 is 0 Å². The van der Waals surface area contributed by atoms with Crippen LogP contribution in [0.15, 0.2) is 45.8 Å². The van der Waals surface area contributed by atoms with E-state index >= 15 is 0 Å². The van der Waals surface area contributed by atoms with E-state index in [0.717, 1.165) is 16.9 Å². The molecule has 0 unspecified atom stereocenters. The van der Waals surface area contributed by atoms with Crippen LogP contribution in [0.25, 0.3) is 6.08 Å². The summed E-state index contributed by atoms with van der Waals surface area (Å²) in [4.78, 5) is 15.8. The first kappa shape index (κ1) is 12.0. The van der Waals surface area contributed by atoms with Crippen LogP contribution in [0.4, 0.5) is 0 Å². The molecule has 1 atom stereocenters. The zero-order valence-corrected chi connectivity index (χ0v) is 11.1. The molecule has 2 heterocycles. The number of carbonyl (C=O) groups excluding carboxylic acids is 1. The largest absolute Gasteiger partial charge is 0.485 e. The molecular formula is C14H12N2O2S. The number of para-hydroxylation sites is 1. The Morgan fingerprint density at radius 1 is 1.42 bits per heavy atom. The maximum Gasteiger partial charge on any atom is 0.286 e. The van der Waals surface area contributed by atoms with Gasteiger partial charge in [0.2, 0.25) is 0 Å². The summed E-state index contributed by atoms with van der Waals surface area (Å²) < 4.78 is 5.81. The summed E-state index contributed by atoms with van der Waals surface area (Å²) in [6.07, 6.45) is 3.73. The Morgan fingerprint density at radius 2 is 2.21 bits per heavy atom. The van der Waals surface area contributed by atoms with Gasteiger partial charge in [-0.15, -0.1) is 0 Å². The first-order valence-corrected chi connectivity index (χ1v) is 6.70. The van der Waals surface area contributed by atoms with E-state index in [1.165, 1.54) is 11.8 Å². The molecule has 0 saturated carbocycles. The molecule has 96 valence electrons. The topological polar surface area (TPSA) is 64.7 Å². The number of rotatable bonds is 1. The van der Waals surface area contributed by atoms with E-state index in [9.17, 15) is 4.79 Å². The number of nitrogens with two attached hydrogens (primary N) is 1. The van der Waals surface area contributed by atoms with Gasteiger partial charge in [0.1, 0.15) is 11.9 Å². The number of aliphatic imine (C=N–C) groups is 1. The minimum absolute atomic E-state index is 0.0994. The molecule has 0 aromatic heterocycles. The van der Waals surface area contributed by atoms with Crippen LogP contribution in [0, 0.1) is 0 Å². The number of nitrogens with zero attached hydrogens (tertiary/aromatic N) is 1. The number of carbonyl (C=O) groups is 1. The maximum atomic E-state index is 11.6. The highest BCUT2D eigenvalue weighted by Crippen LogP contribution is 2.32. The lowest BCUT2D eigenvalue weighted by Crippen LogP contribution is -2.18. The first-order chi connectivity index (χ1) is 9.13. The van der Waals surface area contributed by atoms with Crippen molar-refractivity contribution >= 4 is 28.9 Å². The molecule has 3 rings (SSSR count). The van der Waals surface area contributed by atoms with Crippen molar-refractivity contribution < 1.29 is 9.53 Å². The van der Waals surface area contributed by atoms with Gasteiger partial charge in [0.15, 0.2) is 5.17 Å². The van der Waals surface area contributed by atoms with Crippen LogP contribution in [0.5, 0.6) is 5.75 Å². The second-order valence-electron chi connectivity index (χ2n) is 4.31. The number of hydrogen-bond acceptors (Lipinski definition) is 4. The van der Waals surface area contributed by atoms with Gasteiger partial charge in [0.05, 0.1) is 4.91 Å². The number of hydrogen-bond donors (Lipinski definition) is 1. The number of fused-ring (bicyclic) bond motifs is 1. The summed E-state index contributed by atoms with van der Waals surface area (Å²) in [7, 11) is 0. The molecule has 0 bridgehead atoms. The molecular weight excluding hydrogens is 260 g/mol. The van der Waals surface area contributed by atoms with Crippen LogP contribution >= 0.6 is 11.8 Å². The lowest BCUT2D eigenvalue weighted by atomic mass is 10.0. The Balaban J connectivity index is 1.96. The van der Waals surface area contributed by atoms with Crippen LogP contribution in [0.1, 0.15) is 12.5 Å². The highest BCUT2D eigenvalue weighted by Gasteiger charge is 2.23. The smallest absolute Gasteiger partial charge is 0.286 e. The summed E-state index contributed by atoms with van der Waals surface area (Å²) in [6, 6.07) is 7.81. The first-order valence-electron chi connectivity index (χ1n) is 5.89. The molecule has 0 aliphatic carbocycles. The molecule has 2 N–H and O–H groups in total. The van der Waals surface area contributed by atoms with Crippen molar-refractivity contribution in [2.45, 2.75) is 13.0 Å². The number of thioether (sulfide) groups is 1. The Hall–Kier alpha value is -2.01. The lowest BCUT2D eigenvalue weighted by Gasteiger charge is -2.22. The van der Waals surface area contributed by atoms with Crippen LogP contribution < -0.4 is 10.5 Å². The zero-order chi connectivity index (χ0) is 13.4. The molecule has 1 amide bonds. The fourth-order valence-corrected chi connectivity index (χ4v) is 2.68. The van der Waals surface area contributed by atoms with Gasteiger partial charge in [-0.05, 0) is 42.5 Å². The van der Waals surface area contributed by atoms with E-state index in [1.54, 1.807) is 6.08 Å². The van der Waals surface area contributed by atoms with Gasteiger partial charge in [-0.3, -0.25) is 4.79 Å². The van der Waals surface area contributed by atoms with Gasteiger partial charge in [-0.2, -0.15) is 4.99 Å². The molecule has 2 aliphatic heterocycles. The summed E-state index contributed by atoms with van der Waals surface area (Å²) in [5.41, 5.74) is 7.49. The third-order valence-corrected chi connectivity index (χ3v) is 3.76. The molecule has 2 aliphatic rings. The Labute approximate surface area is 115 Å². The van der Waals surface area contributed by atoms with Gasteiger partial charge in [0, 0.05) is 5.56 Å². The SMILES string of the molecule is C[C@H]1Oc2ccccc2C=C1/C=C1\SC(N)=NC1=O. The van der Waals surface area contributed by atoms with E-state index in [4.69, 9.17) is 10.5 Å². The fourth-order valence-electron chi connectivity index (χ4n) is 2.00. The average molecular weight is 272 g/mol. The number of amidine groups is 1. The van der Waals surface area contributed by atoms with Crippen molar-refractivity contribution in [2.24, 2.45) is 10.7 Å². The van der Waals surface area contributed by atoms with Crippen molar-refractivity contribution in [2.75, 3.05) is 0 Å². The Morgan fingerprint density at radius 3 is 2.95 bits per heavy atom. The Kier molecular flexibility index (Phi) is 2.91. The van der Waals surface area contributed by atoms with Gasteiger partial charge < -0.3 is 10.5 Å². The molecule has 4 nitrogen and oxygen atoms in total. The quantitative estimate of drug-likeness (QED) is 0.797. The molecule has 5 heteroatoms. The molecule has 0 radical (unpaired) electrons. The van der Waals surface area contributed by atoms with Crippen molar-refractivity contribution in [1.29, 1.82) is 0 Å². The van der Waals surface area contributed by atoms with E-state index in [0.29, 0.717) is 10.1 Å². The molecule has 19 heavy (non-hydrogen) atoms. The van der Waals surface area contributed by atoms with Gasteiger partial charge in [-0.25, -0.2) is 0 Å². The minimum Gasteiger partial charge on any atom is -0.485 e. The molecule has 0 fully saturated rings. The number of ether oxygens (including phenoxy) is 1. The van der Waals surface area contributed by atoms with E-state index in [2.05, 4.69) is 4.99 Å². The van der Waals surface area contributed by atoms with Crippen LogP contribution in [0.2, 0.25) is 0 Å². The minimum atomic E-state index is -0.283. The summed E-state index contributed by atoms with van der Waals surface area (Å²) in [6.45, 7) is 1.95. The summed E-state index contributed by atoms with van der Waals surface area (Å²) in [5, 5.41) is 0.293. The summed E-state index contributed by atoms with van der Waals surface area (Å²) in [5.74, 6) is 0.577. The normalized spacial score (nSPS) is 23.7. The van der Waals surface area contributed by atoms with E-state index < -0.39 is 0 Å². The third-order valence-electron chi connectivity index (χ3n) is 2.95. The van der Waals surface area contributed by atoms with E-state index in [-0.39, 0.29) is 12.0 Å². The monoisotopic (exact) mass is 272 g/mol. The average Bonchev–Trinajstić information content (AvgIpc) is 2.69. The van der Waals surface area contributed by atoms with Crippen LogP contribution in [-0.2, 0) is 4.79 Å². The highest BCUT2D eigenvalue weighted by atomic mass is 32.2. The molecule has 0 saturated heterocycles. The van der Waals surface area contributed by atoms with Gasteiger partial charge in [0.25, 0.3) is 5.91 Å². The van der Waals surface area contributed by atoms with Crippen molar-refractivity contribution in [3.63, 3.8) is 0 Å². The molecule has 0 spiro atoms. The van der Waals surface area contributed by atoms with Crippen LogP contribution in [-0.4, -0.2) is 17.2 Å². The van der Waals surface area contributed by atoms with E-state index in [1.807, 2.05) is 37.3 Å². The molecule has 1 aromatic carbocycles. The molecule has 1 aromatic rings. The number of benzene rings is 1. The third kappa shape index (κ3) is 2.29. The van der Waals surface area contributed by atoms with Crippen LogP contribution in [0.3, 0.4) is 0 Å². The standard InChI is InChI=1S/C14H12N2O2S/c1-8-10(7-12-13(17)16-14(15)19-12)6-9-4-2-3-5-11(9)18-8/h2-8H,1H3,(H2,15,16,17)/b12-7-/t8-/m1/s1. The van der Waals surface area contributed by atoms with Crippen molar-refractivity contribution in [3.8, 4) is 5.75 Å². The van der Waals surface area contributed by atoms with Gasteiger partial charge in [-0.1, -0.05) is 18.2 Å². The predicted octanol–water partition coefficient (Wildman–Crippen LogP) is 2.32.